The van der Waals surface area contributed by atoms with Gasteiger partial charge in [0.25, 0.3) is 0 Å². The van der Waals surface area contributed by atoms with Crippen molar-refractivity contribution >= 4 is 5.91 Å². The molecule has 0 aromatic carbocycles. The van der Waals surface area contributed by atoms with Gasteiger partial charge in [0.1, 0.15) is 0 Å². The topological polar surface area (TPSA) is 64.3 Å². The number of nitrogens with two attached hydrogens (primary N) is 1. The standard InChI is InChI=1S/C13H28N2O2/c1-10(7-6-8-11(2)14)12(16)15-13(3,4)9-17-5/h10-11H,6-9,14H2,1-5H3,(H,15,16). The molecule has 0 heterocycles. The van der Waals surface area contributed by atoms with E-state index in [1.165, 1.54) is 0 Å². The molecule has 0 spiro atoms. The van der Waals surface area contributed by atoms with Gasteiger partial charge in [-0.05, 0) is 33.6 Å². The highest BCUT2D eigenvalue weighted by Gasteiger charge is 2.23. The zero-order chi connectivity index (χ0) is 13.5. The Morgan fingerprint density at radius 1 is 1.35 bits per heavy atom. The van der Waals surface area contributed by atoms with E-state index in [0.717, 1.165) is 19.3 Å². The van der Waals surface area contributed by atoms with Gasteiger partial charge in [0.05, 0.1) is 12.1 Å². The molecule has 0 aliphatic heterocycles. The molecule has 4 heteroatoms. The molecule has 17 heavy (non-hydrogen) atoms. The van der Waals surface area contributed by atoms with E-state index in [9.17, 15) is 4.79 Å². The van der Waals surface area contributed by atoms with Crippen molar-refractivity contribution in [3.63, 3.8) is 0 Å². The Morgan fingerprint density at radius 3 is 2.41 bits per heavy atom. The molecule has 0 saturated carbocycles. The Hall–Kier alpha value is -0.610. The molecule has 0 aromatic heterocycles. The second-order valence-corrected chi connectivity index (χ2v) is 5.62. The molecular formula is C13H28N2O2. The van der Waals surface area contributed by atoms with Crippen LogP contribution in [0.4, 0.5) is 0 Å². The molecule has 0 radical (unpaired) electrons. The van der Waals surface area contributed by atoms with Crippen LogP contribution >= 0.6 is 0 Å². The van der Waals surface area contributed by atoms with Gasteiger partial charge in [0.15, 0.2) is 0 Å². The third-order valence-electron chi connectivity index (χ3n) is 2.71. The van der Waals surface area contributed by atoms with Crippen molar-refractivity contribution in [3.05, 3.63) is 0 Å². The van der Waals surface area contributed by atoms with Crippen LogP contribution in [0.5, 0.6) is 0 Å². The van der Waals surface area contributed by atoms with Gasteiger partial charge in [-0.1, -0.05) is 13.3 Å². The van der Waals surface area contributed by atoms with Crippen LogP contribution in [-0.2, 0) is 9.53 Å². The maximum absolute atomic E-state index is 11.9. The maximum atomic E-state index is 11.9. The van der Waals surface area contributed by atoms with Crippen LogP contribution < -0.4 is 11.1 Å². The fourth-order valence-corrected chi connectivity index (χ4v) is 1.73. The van der Waals surface area contributed by atoms with Gasteiger partial charge < -0.3 is 15.8 Å². The first-order valence-corrected chi connectivity index (χ1v) is 6.35. The van der Waals surface area contributed by atoms with Crippen molar-refractivity contribution in [2.45, 2.75) is 58.5 Å². The summed E-state index contributed by atoms with van der Waals surface area (Å²) in [6.07, 6.45) is 2.85. The van der Waals surface area contributed by atoms with E-state index in [0.29, 0.717) is 6.61 Å². The van der Waals surface area contributed by atoms with Gasteiger partial charge in [-0.3, -0.25) is 4.79 Å². The summed E-state index contributed by atoms with van der Waals surface area (Å²) in [7, 11) is 1.64. The Morgan fingerprint density at radius 2 is 1.94 bits per heavy atom. The van der Waals surface area contributed by atoms with E-state index >= 15 is 0 Å². The van der Waals surface area contributed by atoms with E-state index in [1.54, 1.807) is 7.11 Å². The van der Waals surface area contributed by atoms with Crippen molar-refractivity contribution in [2.24, 2.45) is 11.7 Å². The third kappa shape index (κ3) is 8.16. The molecule has 0 aromatic rings. The average molecular weight is 244 g/mol. The van der Waals surface area contributed by atoms with Gasteiger partial charge in [-0.2, -0.15) is 0 Å². The average Bonchev–Trinajstić information content (AvgIpc) is 2.15. The van der Waals surface area contributed by atoms with E-state index in [4.69, 9.17) is 10.5 Å². The van der Waals surface area contributed by atoms with Crippen molar-refractivity contribution in [1.82, 2.24) is 5.32 Å². The van der Waals surface area contributed by atoms with E-state index in [1.807, 2.05) is 27.7 Å². The molecule has 2 atom stereocenters. The number of rotatable bonds is 8. The predicted molar refractivity (Wildman–Crippen MR) is 70.8 cm³/mol. The minimum absolute atomic E-state index is 0.0323. The number of nitrogens with one attached hydrogen (secondary N) is 1. The molecule has 2 unspecified atom stereocenters. The van der Waals surface area contributed by atoms with Crippen LogP contribution in [0.15, 0.2) is 0 Å². The third-order valence-corrected chi connectivity index (χ3v) is 2.71. The van der Waals surface area contributed by atoms with Gasteiger partial charge in [-0.15, -0.1) is 0 Å². The lowest BCUT2D eigenvalue weighted by Crippen LogP contribution is -2.48. The molecule has 3 N–H and O–H groups in total. The zero-order valence-corrected chi connectivity index (χ0v) is 11.9. The summed E-state index contributed by atoms with van der Waals surface area (Å²) in [6, 6.07) is 0.218. The largest absolute Gasteiger partial charge is 0.382 e. The van der Waals surface area contributed by atoms with E-state index in [2.05, 4.69) is 5.32 Å². The van der Waals surface area contributed by atoms with Gasteiger partial charge in [-0.25, -0.2) is 0 Å². The monoisotopic (exact) mass is 244 g/mol. The second kappa shape index (κ2) is 7.67. The first kappa shape index (κ1) is 16.4. The molecule has 0 aliphatic carbocycles. The SMILES string of the molecule is COCC(C)(C)NC(=O)C(C)CCCC(C)N. The number of hydrogen-bond donors (Lipinski definition) is 2. The summed E-state index contributed by atoms with van der Waals surface area (Å²) in [4.78, 5) is 11.9. The number of ether oxygens (including phenoxy) is 1. The summed E-state index contributed by atoms with van der Waals surface area (Å²) >= 11 is 0. The molecule has 0 rings (SSSR count). The first-order valence-electron chi connectivity index (χ1n) is 6.35. The van der Waals surface area contributed by atoms with Crippen LogP contribution in [0.25, 0.3) is 0 Å². The highest BCUT2D eigenvalue weighted by molar-refractivity contribution is 5.78. The maximum Gasteiger partial charge on any atom is 0.223 e. The summed E-state index contributed by atoms with van der Waals surface area (Å²) < 4.78 is 5.07. The molecule has 1 amide bonds. The fraction of sp³-hybridized carbons (Fsp3) is 0.923. The molecular weight excluding hydrogens is 216 g/mol. The van der Waals surface area contributed by atoms with Crippen LogP contribution in [-0.4, -0.2) is 31.2 Å². The Balaban J connectivity index is 3.96. The highest BCUT2D eigenvalue weighted by Crippen LogP contribution is 2.11. The molecule has 0 bridgehead atoms. The van der Waals surface area contributed by atoms with Crippen LogP contribution in [0.1, 0.15) is 47.0 Å². The van der Waals surface area contributed by atoms with Crippen LogP contribution in [0.3, 0.4) is 0 Å². The molecule has 102 valence electrons. The lowest BCUT2D eigenvalue weighted by molar-refractivity contribution is -0.127. The van der Waals surface area contributed by atoms with E-state index < -0.39 is 0 Å². The zero-order valence-electron chi connectivity index (χ0n) is 11.9. The number of carbonyl (C=O) groups excluding carboxylic acids is 1. The molecule has 0 aliphatic rings. The van der Waals surface area contributed by atoms with E-state index in [-0.39, 0.29) is 23.4 Å². The summed E-state index contributed by atoms with van der Waals surface area (Å²) in [5.41, 5.74) is 5.37. The minimum atomic E-state index is -0.304. The number of hydrogen-bond acceptors (Lipinski definition) is 3. The summed E-state index contributed by atoms with van der Waals surface area (Å²) in [5, 5.41) is 3.00. The van der Waals surface area contributed by atoms with Crippen molar-refractivity contribution in [1.29, 1.82) is 0 Å². The molecule has 0 saturated heterocycles. The lowest BCUT2D eigenvalue weighted by atomic mass is 9.99. The van der Waals surface area contributed by atoms with Gasteiger partial charge in [0.2, 0.25) is 5.91 Å². The van der Waals surface area contributed by atoms with Crippen LogP contribution in [0, 0.1) is 5.92 Å². The lowest BCUT2D eigenvalue weighted by Gasteiger charge is -2.27. The van der Waals surface area contributed by atoms with Crippen molar-refractivity contribution in [3.8, 4) is 0 Å². The Labute approximate surface area is 105 Å². The fourth-order valence-electron chi connectivity index (χ4n) is 1.73. The molecule has 0 fully saturated rings. The van der Waals surface area contributed by atoms with Crippen molar-refractivity contribution < 1.29 is 9.53 Å². The van der Waals surface area contributed by atoms with Crippen molar-refractivity contribution in [2.75, 3.05) is 13.7 Å². The molecule has 4 nitrogen and oxygen atoms in total. The number of methoxy groups -OCH3 is 1. The quantitative estimate of drug-likeness (QED) is 0.683. The Kier molecular flexibility index (Phi) is 7.39. The first-order chi connectivity index (χ1) is 7.78. The normalized spacial score (nSPS) is 15.4. The van der Waals surface area contributed by atoms with Gasteiger partial charge in [0, 0.05) is 19.1 Å². The highest BCUT2D eigenvalue weighted by atomic mass is 16.5. The summed E-state index contributed by atoms with van der Waals surface area (Å²) in [5.74, 6) is 0.126. The number of amides is 1. The smallest absolute Gasteiger partial charge is 0.223 e. The second-order valence-electron chi connectivity index (χ2n) is 5.62. The van der Waals surface area contributed by atoms with Gasteiger partial charge >= 0.3 is 0 Å². The summed E-state index contributed by atoms with van der Waals surface area (Å²) in [6.45, 7) is 8.39. The number of carbonyl (C=O) groups is 1. The predicted octanol–water partition coefficient (Wildman–Crippen LogP) is 1.68. The minimum Gasteiger partial charge on any atom is -0.382 e. The van der Waals surface area contributed by atoms with Crippen LogP contribution in [0.2, 0.25) is 0 Å². The Bertz CT molecular complexity index is 227.